The van der Waals surface area contributed by atoms with E-state index in [1.165, 1.54) is 4.88 Å². The van der Waals surface area contributed by atoms with Crippen LogP contribution in [0.25, 0.3) is 0 Å². The average molecular weight is 467 g/mol. The molecule has 2 aliphatic rings. The Morgan fingerprint density at radius 2 is 2.06 bits per heavy atom. The molecule has 0 unspecified atom stereocenters. The molecule has 0 spiro atoms. The standard InChI is InChI=1S/C24H42N4O3S/c1-6-7-10-26-22-27-21-16(13-20(31)25-11-12-28(4)5)23(2)9-8-19(30)24(3,15-29)18(23)14-17(21)32-22/h16,18-19,29-30H,6-15H2,1-5H3,(H,25,31)(H,26,27)/t16-,18-,19-,23+,24+/m1/s1. The molecule has 1 fully saturated rings. The van der Waals surface area contributed by atoms with Crippen molar-refractivity contribution in [2.45, 2.75) is 71.3 Å². The number of amides is 1. The van der Waals surface area contributed by atoms with E-state index in [0.717, 1.165) is 49.6 Å². The number of rotatable bonds is 10. The Balaban J connectivity index is 1.91. The van der Waals surface area contributed by atoms with Crippen LogP contribution in [0.4, 0.5) is 5.13 Å². The molecule has 182 valence electrons. The van der Waals surface area contributed by atoms with E-state index in [0.29, 0.717) is 19.4 Å². The molecule has 1 aromatic rings. The first-order valence-electron chi connectivity index (χ1n) is 12.1. The number of nitrogens with zero attached hydrogens (tertiary/aromatic N) is 2. The van der Waals surface area contributed by atoms with Gasteiger partial charge in [-0.15, -0.1) is 11.3 Å². The minimum absolute atomic E-state index is 0.0213. The zero-order valence-corrected chi connectivity index (χ0v) is 21.2. The van der Waals surface area contributed by atoms with Gasteiger partial charge in [-0.05, 0) is 51.1 Å². The highest BCUT2D eigenvalue weighted by Gasteiger charge is 2.59. The Bertz CT molecular complexity index is 785. The van der Waals surface area contributed by atoms with Gasteiger partial charge in [0.2, 0.25) is 5.91 Å². The second-order valence-electron chi connectivity index (χ2n) is 10.5. The fourth-order valence-electron chi connectivity index (χ4n) is 5.77. The van der Waals surface area contributed by atoms with Gasteiger partial charge in [0.1, 0.15) is 0 Å². The number of unbranched alkanes of at least 4 members (excludes halogenated alkanes) is 1. The molecule has 0 radical (unpaired) electrons. The van der Waals surface area contributed by atoms with Crippen molar-refractivity contribution in [1.29, 1.82) is 0 Å². The fourth-order valence-corrected chi connectivity index (χ4v) is 6.86. The molecule has 1 aromatic heterocycles. The molecule has 8 heteroatoms. The zero-order chi connectivity index (χ0) is 23.5. The highest BCUT2D eigenvalue weighted by molar-refractivity contribution is 7.15. The summed E-state index contributed by atoms with van der Waals surface area (Å²) in [6, 6.07) is 0. The van der Waals surface area contributed by atoms with Gasteiger partial charge in [0.15, 0.2) is 5.13 Å². The topological polar surface area (TPSA) is 97.7 Å². The summed E-state index contributed by atoms with van der Waals surface area (Å²) in [4.78, 5) is 21.2. The first-order chi connectivity index (χ1) is 15.2. The number of likely N-dealkylation sites (N-methyl/N-ethyl adjacent to an activating group) is 1. The number of thiazole rings is 1. The number of carbonyl (C=O) groups excluding carboxylic acids is 1. The number of hydrogen-bond acceptors (Lipinski definition) is 7. The fraction of sp³-hybridized carbons (Fsp3) is 0.833. The van der Waals surface area contributed by atoms with Crippen molar-refractivity contribution < 1.29 is 15.0 Å². The molecule has 3 rings (SSSR count). The summed E-state index contributed by atoms with van der Waals surface area (Å²) in [5.41, 5.74) is 0.272. The largest absolute Gasteiger partial charge is 0.396 e. The SMILES string of the molecule is CCCCNc1nc2c(s1)C[C@H]1[C@](C)(CO)[C@H](O)CC[C@@]1(C)[C@@H]2CC(=O)NCCN(C)C. The van der Waals surface area contributed by atoms with Crippen LogP contribution in [-0.4, -0.2) is 72.4 Å². The van der Waals surface area contributed by atoms with Gasteiger partial charge in [-0.1, -0.05) is 27.2 Å². The summed E-state index contributed by atoms with van der Waals surface area (Å²) in [7, 11) is 3.99. The van der Waals surface area contributed by atoms with Crippen LogP contribution < -0.4 is 10.6 Å². The van der Waals surface area contributed by atoms with Crippen molar-refractivity contribution in [3.63, 3.8) is 0 Å². The molecular formula is C24H42N4O3S. The molecule has 1 amide bonds. The number of fused-ring (bicyclic) bond motifs is 2. The lowest BCUT2D eigenvalue weighted by molar-refractivity contribution is -0.144. The van der Waals surface area contributed by atoms with Gasteiger partial charge in [0.25, 0.3) is 0 Å². The minimum Gasteiger partial charge on any atom is -0.396 e. The van der Waals surface area contributed by atoms with Crippen molar-refractivity contribution in [2.24, 2.45) is 16.7 Å². The molecule has 2 aliphatic carbocycles. The Morgan fingerprint density at radius 3 is 2.72 bits per heavy atom. The molecule has 1 saturated carbocycles. The third-order valence-corrected chi connectivity index (χ3v) is 9.02. The monoisotopic (exact) mass is 466 g/mol. The van der Waals surface area contributed by atoms with E-state index < -0.39 is 11.5 Å². The third kappa shape index (κ3) is 4.98. The summed E-state index contributed by atoms with van der Waals surface area (Å²) in [5.74, 6) is 0.127. The molecule has 5 atom stereocenters. The van der Waals surface area contributed by atoms with Crippen molar-refractivity contribution >= 4 is 22.4 Å². The molecule has 7 nitrogen and oxygen atoms in total. The molecule has 4 N–H and O–H groups in total. The molecule has 32 heavy (non-hydrogen) atoms. The number of aromatic nitrogens is 1. The predicted molar refractivity (Wildman–Crippen MR) is 130 cm³/mol. The summed E-state index contributed by atoms with van der Waals surface area (Å²) >= 11 is 1.68. The number of aliphatic hydroxyl groups is 2. The summed E-state index contributed by atoms with van der Waals surface area (Å²) in [5, 5.41) is 28.7. The average Bonchev–Trinajstić information content (AvgIpc) is 3.15. The molecular weight excluding hydrogens is 424 g/mol. The highest BCUT2D eigenvalue weighted by Crippen LogP contribution is 2.62. The van der Waals surface area contributed by atoms with E-state index in [4.69, 9.17) is 4.98 Å². The van der Waals surface area contributed by atoms with Gasteiger partial charge in [-0.3, -0.25) is 4.79 Å². The third-order valence-electron chi connectivity index (χ3n) is 7.97. The van der Waals surface area contributed by atoms with E-state index >= 15 is 0 Å². The van der Waals surface area contributed by atoms with Crippen molar-refractivity contribution in [3.8, 4) is 0 Å². The van der Waals surface area contributed by atoms with E-state index in [9.17, 15) is 15.0 Å². The number of hydrogen-bond donors (Lipinski definition) is 4. The van der Waals surface area contributed by atoms with Crippen LogP contribution in [0.15, 0.2) is 0 Å². The Labute approximate surface area is 197 Å². The first kappa shape index (κ1) is 25.4. The maximum atomic E-state index is 13.0. The zero-order valence-electron chi connectivity index (χ0n) is 20.4. The smallest absolute Gasteiger partial charge is 0.220 e. The van der Waals surface area contributed by atoms with Gasteiger partial charge < -0.3 is 25.7 Å². The molecule has 0 saturated heterocycles. The highest BCUT2D eigenvalue weighted by atomic mass is 32.1. The van der Waals surface area contributed by atoms with Gasteiger partial charge in [0.05, 0.1) is 18.4 Å². The first-order valence-corrected chi connectivity index (χ1v) is 12.9. The van der Waals surface area contributed by atoms with Crippen LogP contribution in [0, 0.1) is 16.7 Å². The predicted octanol–water partition coefficient (Wildman–Crippen LogP) is 2.84. The van der Waals surface area contributed by atoms with Crippen LogP contribution in [0.2, 0.25) is 0 Å². The van der Waals surface area contributed by atoms with Crippen molar-refractivity contribution in [1.82, 2.24) is 15.2 Å². The van der Waals surface area contributed by atoms with Crippen LogP contribution in [0.5, 0.6) is 0 Å². The van der Waals surface area contributed by atoms with E-state index in [2.05, 4.69) is 29.4 Å². The Hall–Kier alpha value is -1.22. The maximum Gasteiger partial charge on any atom is 0.220 e. The summed E-state index contributed by atoms with van der Waals surface area (Å²) < 4.78 is 0. The van der Waals surface area contributed by atoms with Crippen LogP contribution in [0.1, 0.15) is 69.4 Å². The summed E-state index contributed by atoms with van der Waals surface area (Å²) in [6.07, 6.45) is 4.35. The molecule has 0 aliphatic heterocycles. The Morgan fingerprint density at radius 1 is 1.31 bits per heavy atom. The quantitative estimate of drug-likeness (QED) is 0.396. The van der Waals surface area contributed by atoms with E-state index in [1.807, 2.05) is 21.0 Å². The minimum atomic E-state index is -0.579. The van der Waals surface area contributed by atoms with Crippen molar-refractivity contribution in [2.75, 3.05) is 45.7 Å². The van der Waals surface area contributed by atoms with Crippen molar-refractivity contribution in [3.05, 3.63) is 10.6 Å². The Kier molecular flexibility index (Phi) is 8.23. The second kappa shape index (κ2) is 10.4. The second-order valence-corrected chi connectivity index (χ2v) is 11.6. The maximum absolute atomic E-state index is 13.0. The lowest BCUT2D eigenvalue weighted by Gasteiger charge is -2.58. The van der Waals surface area contributed by atoms with Gasteiger partial charge in [-0.25, -0.2) is 4.98 Å². The number of aliphatic hydroxyl groups excluding tert-OH is 2. The number of anilines is 1. The summed E-state index contributed by atoms with van der Waals surface area (Å²) in [6.45, 7) is 8.71. The molecule has 1 heterocycles. The van der Waals surface area contributed by atoms with Gasteiger partial charge in [-0.2, -0.15) is 0 Å². The number of carbonyl (C=O) groups is 1. The van der Waals surface area contributed by atoms with Crippen LogP contribution >= 0.6 is 11.3 Å². The van der Waals surface area contributed by atoms with Crippen LogP contribution in [0.3, 0.4) is 0 Å². The van der Waals surface area contributed by atoms with E-state index in [1.54, 1.807) is 11.3 Å². The lowest BCUT2D eigenvalue weighted by Crippen LogP contribution is -2.57. The normalized spacial score (nSPS) is 31.8. The van der Waals surface area contributed by atoms with Gasteiger partial charge in [0, 0.05) is 42.3 Å². The lowest BCUT2D eigenvalue weighted by atomic mass is 9.47. The van der Waals surface area contributed by atoms with Crippen LogP contribution in [-0.2, 0) is 11.2 Å². The van der Waals surface area contributed by atoms with E-state index in [-0.39, 0.29) is 29.8 Å². The number of nitrogens with one attached hydrogen (secondary N) is 2. The van der Waals surface area contributed by atoms with Gasteiger partial charge >= 0.3 is 0 Å². The molecule has 0 bridgehead atoms. The molecule has 0 aromatic carbocycles.